The van der Waals surface area contributed by atoms with Crippen molar-refractivity contribution < 1.29 is 14.5 Å². The van der Waals surface area contributed by atoms with Gasteiger partial charge in [0.05, 0.1) is 28.7 Å². The average molecular weight is 490 g/mol. The Morgan fingerprint density at radius 1 is 1.03 bits per heavy atom. The smallest absolute Gasteiger partial charge is 0.269 e. The summed E-state index contributed by atoms with van der Waals surface area (Å²) in [7, 11) is 1.71. The van der Waals surface area contributed by atoms with E-state index in [4.69, 9.17) is 9.73 Å². The number of amidine groups is 1. The number of nitrogens with zero attached hydrogens (tertiary/aromatic N) is 5. The monoisotopic (exact) mass is 489 g/mol. The molecule has 3 heterocycles. The number of non-ortho nitro benzene ring substituents is 1. The van der Waals surface area contributed by atoms with Gasteiger partial charge < -0.3 is 14.2 Å². The van der Waals surface area contributed by atoms with E-state index in [0.29, 0.717) is 10.1 Å². The van der Waals surface area contributed by atoms with Crippen molar-refractivity contribution >= 4 is 46.0 Å². The lowest BCUT2D eigenvalue weighted by molar-refractivity contribution is -0.384. The number of hydrogen-bond donors (Lipinski definition) is 0. The third kappa shape index (κ3) is 4.84. The van der Waals surface area contributed by atoms with E-state index in [9.17, 15) is 14.9 Å². The van der Waals surface area contributed by atoms with E-state index in [1.807, 2.05) is 53.2 Å². The molecule has 1 amide bonds. The second kappa shape index (κ2) is 9.77. The number of ether oxygens (including phenoxy) is 1. The van der Waals surface area contributed by atoms with Gasteiger partial charge in [0, 0.05) is 55.5 Å². The Bertz CT molecular complexity index is 1310. The zero-order chi connectivity index (χ0) is 24.4. The Balaban J connectivity index is 1.35. The van der Waals surface area contributed by atoms with Gasteiger partial charge in [-0.25, -0.2) is 4.99 Å². The molecule has 0 spiro atoms. The first-order chi connectivity index (χ1) is 17.0. The molecule has 1 aromatic heterocycles. The summed E-state index contributed by atoms with van der Waals surface area (Å²) < 4.78 is 7.29. The van der Waals surface area contributed by atoms with Crippen molar-refractivity contribution in [2.75, 3.05) is 38.3 Å². The number of hydrogen-bond acceptors (Lipinski definition) is 7. The lowest BCUT2D eigenvalue weighted by atomic mass is 10.2. The van der Waals surface area contributed by atoms with Crippen molar-refractivity contribution in [1.82, 2.24) is 9.47 Å². The van der Waals surface area contributed by atoms with Crippen LogP contribution in [0.1, 0.15) is 5.69 Å². The Morgan fingerprint density at radius 3 is 2.40 bits per heavy atom. The van der Waals surface area contributed by atoms with Crippen LogP contribution in [0, 0.1) is 10.1 Å². The second-order valence-electron chi connectivity index (χ2n) is 8.06. The van der Waals surface area contributed by atoms with Crippen molar-refractivity contribution in [3.63, 3.8) is 0 Å². The van der Waals surface area contributed by atoms with Crippen LogP contribution in [0.5, 0.6) is 0 Å². The number of morpholine rings is 1. The number of aromatic nitrogens is 1. The number of thioether (sulfide) groups is 1. The molecular formula is C25H23N5O4S. The van der Waals surface area contributed by atoms with Crippen LogP contribution in [0.25, 0.3) is 11.8 Å². The third-order valence-electron chi connectivity index (χ3n) is 5.85. The first-order valence-corrected chi connectivity index (χ1v) is 11.9. The quantitative estimate of drug-likeness (QED) is 0.299. The molecule has 5 rings (SSSR count). The number of nitro groups is 1. The normalized spacial score (nSPS) is 18.6. The van der Waals surface area contributed by atoms with Gasteiger partial charge in [-0.2, -0.15) is 0 Å². The molecule has 3 aromatic rings. The molecule has 0 radical (unpaired) electrons. The molecule has 2 aliphatic heterocycles. The van der Waals surface area contributed by atoms with E-state index in [1.165, 1.54) is 23.9 Å². The van der Waals surface area contributed by atoms with Gasteiger partial charge in [0.2, 0.25) is 0 Å². The first-order valence-electron chi connectivity index (χ1n) is 11.1. The number of amides is 1. The maximum atomic E-state index is 12.9. The van der Waals surface area contributed by atoms with Gasteiger partial charge in [-0.1, -0.05) is 0 Å². The van der Waals surface area contributed by atoms with Crippen molar-refractivity contribution in [1.29, 1.82) is 0 Å². The highest BCUT2D eigenvalue weighted by atomic mass is 32.2. The molecule has 2 fully saturated rings. The fourth-order valence-corrected chi connectivity index (χ4v) is 4.91. The third-order valence-corrected chi connectivity index (χ3v) is 6.91. The fraction of sp³-hybridized carbons (Fsp3) is 0.200. The largest absolute Gasteiger partial charge is 0.378 e. The molecule has 35 heavy (non-hydrogen) atoms. The van der Waals surface area contributed by atoms with E-state index in [2.05, 4.69) is 4.90 Å². The topological polar surface area (TPSA) is 93.2 Å². The molecule has 0 N–H and O–H groups in total. The number of rotatable bonds is 5. The SMILES string of the molecule is CN1C(=O)/C(=C/c2cccn2-c2ccc([N+](=O)[O-])cc2)SC1=Nc1ccc(N2CCOCC2)cc1. The summed E-state index contributed by atoms with van der Waals surface area (Å²) in [5.74, 6) is -0.130. The van der Waals surface area contributed by atoms with Crippen LogP contribution in [-0.2, 0) is 9.53 Å². The van der Waals surface area contributed by atoms with Crippen LogP contribution < -0.4 is 4.90 Å². The van der Waals surface area contributed by atoms with E-state index >= 15 is 0 Å². The van der Waals surface area contributed by atoms with E-state index < -0.39 is 4.92 Å². The first kappa shape index (κ1) is 22.9. The summed E-state index contributed by atoms with van der Waals surface area (Å²) in [4.78, 5) is 32.5. The van der Waals surface area contributed by atoms with Crippen LogP contribution >= 0.6 is 11.8 Å². The van der Waals surface area contributed by atoms with Gasteiger partial charge in [0.25, 0.3) is 11.6 Å². The maximum Gasteiger partial charge on any atom is 0.269 e. The number of nitro benzene ring substituents is 1. The number of carbonyl (C=O) groups is 1. The Labute approximate surface area is 206 Å². The lowest BCUT2D eigenvalue weighted by Gasteiger charge is -2.28. The number of likely N-dealkylation sites (N-methyl/N-ethyl adjacent to an activating group) is 1. The Kier molecular flexibility index (Phi) is 6.39. The highest BCUT2D eigenvalue weighted by Crippen LogP contribution is 2.34. The minimum atomic E-state index is -0.428. The summed E-state index contributed by atoms with van der Waals surface area (Å²) in [5, 5.41) is 11.5. The second-order valence-corrected chi connectivity index (χ2v) is 9.07. The molecular weight excluding hydrogens is 466 g/mol. The average Bonchev–Trinajstić information content (AvgIpc) is 3.45. The molecule has 2 saturated heterocycles. The molecule has 0 atom stereocenters. The van der Waals surface area contributed by atoms with Crippen molar-refractivity contribution in [2.24, 2.45) is 4.99 Å². The number of aliphatic imine (C=N–C) groups is 1. The van der Waals surface area contributed by atoms with Crippen LogP contribution in [0.3, 0.4) is 0 Å². The summed E-state index contributed by atoms with van der Waals surface area (Å²) in [6.07, 6.45) is 3.67. The molecule has 0 saturated carbocycles. The standard InChI is InChI=1S/C25H23N5O4S/c1-27-24(31)23(17-22-3-2-12-29(22)20-8-10-21(11-9-20)30(32)33)35-25(27)26-18-4-6-19(7-5-18)28-13-15-34-16-14-28/h2-12,17H,13-16H2,1H3/b23-17-,26-25?. The van der Waals surface area contributed by atoms with Gasteiger partial charge in [-0.3, -0.25) is 19.8 Å². The van der Waals surface area contributed by atoms with Gasteiger partial charge in [-0.15, -0.1) is 0 Å². The van der Waals surface area contributed by atoms with Crippen LogP contribution in [-0.4, -0.2) is 58.8 Å². The van der Waals surface area contributed by atoms with Gasteiger partial charge in [0.15, 0.2) is 5.17 Å². The summed E-state index contributed by atoms with van der Waals surface area (Å²) >= 11 is 1.32. The number of carbonyl (C=O) groups excluding carboxylic acids is 1. The summed E-state index contributed by atoms with van der Waals surface area (Å²) in [6.45, 7) is 3.21. The van der Waals surface area contributed by atoms with E-state index in [1.54, 1.807) is 24.1 Å². The predicted molar refractivity (Wildman–Crippen MR) is 137 cm³/mol. The molecule has 2 aromatic carbocycles. The number of anilines is 1. The Morgan fingerprint density at radius 2 is 1.71 bits per heavy atom. The molecule has 0 unspecified atom stereocenters. The highest BCUT2D eigenvalue weighted by molar-refractivity contribution is 8.18. The summed E-state index contributed by atoms with van der Waals surface area (Å²) in [5.41, 5.74) is 3.50. The zero-order valence-electron chi connectivity index (χ0n) is 19.0. The molecule has 0 bridgehead atoms. The molecule has 178 valence electrons. The zero-order valence-corrected chi connectivity index (χ0v) is 19.9. The van der Waals surface area contributed by atoms with Crippen molar-refractivity contribution in [3.8, 4) is 5.69 Å². The van der Waals surface area contributed by atoms with Crippen LogP contribution in [0.2, 0.25) is 0 Å². The molecule has 10 heteroatoms. The molecule has 0 aliphatic carbocycles. The van der Waals surface area contributed by atoms with Gasteiger partial charge in [-0.05, 0) is 66.4 Å². The van der Waals surface area contributed by atoms with E-state index in [0.717, 1.165) is 49.1 Å². The Hall–Kier alpha value is -3.89. The van der Waals surface area contributed by atoms with E-state index in [-0.39, 0.29) is 11.6 Å². The fourth-order valence-electron chi connectivity index (χ4n) is 3.94. The van der Waals surface area contributed by atoms with Crippen LogP contribution in [0.4, 0.5) is 17.1 Å². The van der Waals surface area contributed by atoms with Crippen molar-refractivity contribution in [3.05, 3.63) is 87.6 Å². The highest BCUT2D eigenvalue weighted by Gasteiger charge is 2.30. The number of benzene rings is 2. The minimum absolute atomic E-state index is 0.0304. The maximum absolute atomic E-state index is 12.9. The molecule has 2 aliphatic rings. The van der Waals surface area contributed by atoms with Gasteiger partial charge >= 0.3 is 0 Å². The lowest BCUT2D eigenvalue weighted by Crippen LogP contribution is -2.36. The predicted octanol–water partition coefficient (Wildman–Crippen LogP) is 4.46. The van der Waals surface area contributed by atoms with Gasteiger partial charge in [0.1, 0.15) is 0 Å². The minimum Gasteiger partial charge on any atom is -0.378 e. The van der Waals surface area contributed by atoms with Crippen LogP contribution in [0.15, 0.2) is 76.8 Å². The summed E-state index contributed by atoms with van der Waals surface area (Å²) in [6, 6.07) is 18.0. The molecule has 9 nitrogen and oxygen atoms in total. The van der Waals surface area contributed by atoms with Crippen molar-refractivity contribution in [2.45, 2.75) is 0 Å².